The standard InChI is InChI=1S/C11H10N2O2/c1-13-7-10(6-12-13)9-3-2-4-11(5-9)15-8-14/h2-8H,1H3/i1D3. The number of ether oxygens (including phenoxy) is 1. The first kappa shape index (κ1) is 6.40. The van der Waals surface area contributed by atoms with E-state index in [1.165, 1.54) is 12.4 Å². The number of nitrogens with zero attached hydrogens (tertiary/aromatic N) is 2. The summed E-state index contributed by atoms with van der Waals surface area (Å²) in [6, 6.07) is 6.75. The molecule has 0 bridgehead atoms. The van der Waals surface area contributed by atoms with Gasteiger partial charge < -0.3 is 4.74 Å². The van der Waals surface area contributed by atoms with Crippen molar-refractivity contribution in [3.8, 4) is 16.9 Å². The summed E-state index contributed by atoms with van der Waals surface area (Å²) in [7, 11) is 0. The molecule has 4 nitrogen and oxygen atoms in total. The predicted molar refractivity (Wildman–Crippen MR) is 55.3 cm³/mol. The Bertz CT molecular complexity index is 563. The lowest BCUT2D eigenvalue weighted by Gasteiger charge is -2.00. The number of hydrogen-bond donors (Lipinski definition) is 0. The third kappa shape index (κ3) is 2.04. The van der Waals surface area contributed by atoms with Gasteiger partial charge in [0, 0.05) is 22.8 Å². The molecular formula is C11H10N2O2. The second-order valence-electron chi connectivity index (χ2n) is 2.92. The second kappa shape index (κ2) is 3.96. The Morgan fingerprint density at radius 3 is 3.20 bits per heavy atom. The Morgan fingerprint density at radius 2 is 2.47 bits per heavy atom. The zero-order valence-electron chi connectivity index (χ0n) is 10.8. The molecule has 1 heterocycles. The molecule has 2 aromatic rings. The topological polar surface area (TPSA) is 44.1 Å². The third-order valence-corrected chi connectivity index (χ3v) is 1.93. The quantitative estimate of drug-likeness (QED) is 0.715. The molecule has 0 amide bonds. The summed E-state index contributed by atoms with van der Waals surface area (Å²) in [5, 5.41) is 3.78. The van der Waals surface area contributed by atoms with Crippen LogP contribution in [-0.4, -0.2) is 16.3 Å². The van der Waals surface area contributed by atoms with E-state index in [1.807, 2.05) is 0 Å². The number of benzene rings is 1. The molecule has 0 saturated carbocycles. The Kier molecular flexibility index (Phi) is 1.69. The first-order valence-electron chi connectivity index (χ1n) is 5.76. The lowest BCUT2D eigenvalue weighted by Crippen LogP contribution is -1.88. The molecule has 1 aromatic heterocycles. The molecule has 2 rings (SSSR count). The van der Waals surface area contributed by atoms with Crippen molar-refractivity contribution in [2.24, 2.45) is 6.98 Å². The van der Waals surface area contributed by atoms with Crippen molar-refractivity contribution < 1.29 is 13.6 Å². The zero-order valence-corrected chi connectivity index (χ0v) is 7.75. The van der Waals surface area contributed by atoms with Crippen LogP contribution >= 0.6 is 0 Å². The molecule has 0 saturated heterocycles. The van der Waals surface area contributed by atoms with Crippen LogP contribution in [0, 0.1) is 0 Å². The van der Waals surface area contributed by atoms with Gasteiger partial charge in [-0.05, 0) is 17.7 Å². The Morgan fingerprint density at radius 1 is 1.53 bits per heavy atom. The maximum Gasteiger partial charge on any atom is 0.298 e. The Hall–Kier alpha value is -2.10. The fraction of sp³-hybridized carbons (Fsp3) is 0.0909. The van der Waals surface area contributed by atoms with Crippen molar-refractivity contribution in [3.63, 3.8) is 0 Å². The molecule has 0 aliphatic heterocycles. The zero-order chi connectivity index (χ0) is 13.2. The number of aryl methyl sites for hydroxylation is 1. The highest BCUT2D eigenvalue weighted by atomic mass is 16.5. The Labute approximate surface area is 91.3 Å². The largest absolute Gasteiger partial charge is 0.429 e. The molecule has 15 heavy (non-hydrogen) atoms. The van der Waals surface area contributed by atoms with Gasteiger partial charge in [-0.3, -0.25) is 9.48 Å². The molecule has 0 unspecified atom stereocenters. The van der Waals surface area contributed by atoms with Crippen LogP contribution in [0.15, 0.2) is 36.7 Å². The van der Waals surface area contributed by atoms with Gasteiger partial charge in [-0.25, -0.2) is 0 Å². The summed E-state index contributed by atoms with van der Waals surface area (Å²) >= 11 is 0. The van der Waals surface area contributed by atoms with E-state index in [2.05, 4.69) is 5.10 Å². The molecule has 0 spiro atoms. The molecule has 4 heteroatoms. The lowest BCUT2D eigenvalue weighted by atomic mass is 10.1. The lowest BCUT2D eigenvalue weighted by molar-refractivity contribution is -0.120. The van der Waals surface area contributed by atoms with Crippen LogP contribution in [0.2, 0.25) is 0 Å². The van der Waals surface area contributed by atoms with Crippen LogP contribution < -0.4 is 4.74 Å². The monoisotopic (exact) mass is 205 g/mol. The highest BCUT2D eigenvalue weighted by molar-refractivity contribution is 5.64. The van der Waals surface area contributed by atoms with Crippen molar-refractivity contribution >= 4 is 6.47 Å². The molecule has 0 radical (unpaired) electrons. The number of aromatic nitrogens is 2. The van der Waals surface area contributed by atoms with E-state index in [4.69, 9.17) is 8.85 Å². The summed E-state index contributed by atoms with van der Waals surface area (Å²) < 4.78 is 27.3. The molecule has 0 atom stereocenters. The fourth-order valence-corrected chi connectivity index (χ4v) is 1.28. The normalized spacial score (nSPS) is 13.7. The van der Waals surface area contributed by atoms with Gasteiger partial charge in [0.25, 0.3) is 6.47 Å². The first-order valence-corrected chi connectivity index (χ1v) is 4.26. The maximum atomic E-state index is 10.2. The summed E-state index contributed by atoms with van der Waals surface area (Å²) in [4.78, 5) is 10.2. The number of hydrogen-bond acceptors (Lipinski definition) is 3. The molecule has 0 aliphatic carbocycles. The molecule has 0 fully saturated rings. The van der Waals surface area contributed by atoms with Crippen molar-refractivity contribution in [2.45, 2.75) is 0 Å². The van der Waals surface area contributed by atoms with Crippen LogP contribution in [0.3, 0.4) is 0 Å². The van der Waals surface area contributed by atoms with Crippen LogP contribution in [0.4, 0.5) is 0 Å². The van der Waals surface area contributed by atoms with Gasteiger partial charge in [-0.15, -0.1) is 0 Å². The maximum absolute atomic E-state index is 10.2. The van der Waals surface area contributed by atoms with E-state index in [1.54, 1.807) is 24.3 Å². The average molecular weight is 205 g/mol. The summed E-state index contributed by atoms with van der Waals surface area (Å²) in [5.74, 6) is 0.393. The van der Waals surface area contributed by atoms with Crippen molar-refractivity contribution in [1.82, 2.24) is 9.78 Å². The predicted octanol–water partition coefficient (Wildman–Crippen LogP) is 1.62. The smallest absolute Gasteiger partial charge is 0.298 e. The van der Waals surface area contributed by atoms with Gasteiger partial charge in [-0.2, -0.15) is 5.10 Å². The minimum atomic E-state index is -2.30. The van der Waals surface area contributed by atoms with Gasteiger partial charge in [0.2, 0.25) is 0 Å². The van der Waals surface area contributed by atoms with E-state index in [9.17, 15) is 4.79 Å². The van der Waals surface area contributed by atoms with Crippen LogP contribution in [0.5, 0.6) is 5.75 Å². The van der Waals surface area contributed by atoms with E-state index < -0.39 is 6.98 Å². The summed E-state index contributed by atoms with van der Waals surface area (Å²) in [5.41, 5.74) is 1.37. The van der Waals surface area contributed by atoms with Gasteiger partial charge in [-0.1, -0.05) is 12.1 Å². The van der Waals surface area contributed by atoms with E-state index in [0.717, 1.165) is 10.2 Å². The third-order valence-electron chi connectivity index (χ3n) is 1.93. The molecule has 1 aromatic carbocycles. The number of carbonyl (C=O) groups excluding carboxylic acids is 1. The van der Waals surface area contributed by atoms with Gasteiger partial charge >= 0.3 is 0 Å². The Balaban J connectivity index is 2.34. The van der Waals surface area contributed by atoms with Crippen LogP contribution in [0.1, 0.15) is 4.11 Å². The second-order valence-corrected chi connectivity index (χ2v) is 2.92. The SMILES string of the molecule is [2H]C([2H])([2H])n1cc(-c2cccc(OC=O)c2)cn1. The number of carbonyl (C=O) groups is 1. The minimum absolute atomic E-state index is 0.338. The highest BCUT2D eigenvalue weighted by Gasteiger charge is 2.01. The van der Waals surface area contributed by atoms with Crippen molar-refractivity contribution in [3.05, 3.63) is 36.7 Å². The average Bonchev–Trinajstić information content (AvgIpc) is 2.78. The van der Waals surface area contributed by atoms with Crippen molar-refractivity contribution in [1.29, 1.82) is 0 Å². The van der Waals surface area contributed by atoms with Gasteiger partial charge in [0.15, 0.2) is 0 Å². The molecular weight excluding hydrogens is 192 g/mol. The van der Waals surface area contributed by atoms with Gasteiger partial charge in [0.1, 0.15) is 5.75 Å². The minimum Gasteiger partial charge on any atom is -0.429 e. The van der Waals surface area contributed by atoms with Crippen molar-refractivity contribution in [2.75, 3.05) is 0 Å². The van der Waals surface area contributed by atoms with E-state index in [-0.39, 0.29) is 0 Å². The fourth-order valence-electron chi connectivity index (χ4n) is 1.28. The highest BCUT2D eigenvalue weighted by Crippen LogP contribution is 2.22. The molecule has 0 N–H and O–H groups in total. The van der Waals surface area contributed by atoms with Gasteiger partial charge in [0.05, 0.1) is 6.20 Å². The van der Waals surface area contributed by atoms with Crippen LogP contribution in [0.25, 0.3) is 11.1 Å². The molecule has 76 valence electrons. The summed E-state index contributed by atoms with van der Waals surface area (Å²) in [6.07, 6.45) is 2.87. The van der Waals surface area contributed by atoms with E-state index >= 15 is 0 Å². The van der Waals surface area contributed by atoms with Crippen LogP contribution in [-0.2, 0) is 11.8 Å². The number of rotatable bonds is 3. The van der Waals surface area contributed by atoms with E-state index in [0.29, 0.717) is 17.8 Å². The first-order chi connectivity index (χ1) is 8.50. The summed E-state index contributed by atoms with van der Waals surface area (Å²) in [6.45, 7) is -1.96. The molecule has 0 aliphatic rings.